The van der Waals surface area contributed by atoms with Crippen molar-refractivity contribution < 1.29 is 19.5 Å². The van der Waals surface area contributed by atoms with Crippen LogP contribution in [0.2, 0.25) is 5.02 Å². The number of carbonyl (C=O) groups excluding carboxylic acids is 3. The summed E-state index contributed by atoms with van der Waals surface area (Å²) >= 11 is 7.71. The number of anilines is 2. The number of thioether (sulfide) groups is 1. The quantitative estimate of drug-likeness (QED) is 0.366. The zero-order valence-corrected chi connectivity index (χ0v) is 23.0. The maximum atomic E-state index is 14.1. The second-order valence-corrected chi connectivity index (χ2v) is 12.6. The lowest BCUT2D eigenvalue weighted by atomic mass is 9.66. The number of benzene rings is 2. The van der Waals surface area contributed by atoms with Gasteiger partial charge in [-0.25, -0.2) is 0 Å². The Morgan fingerprint density at radius 2 is 1.66 bits per heavy atom. The average Bonchev–Trinajstić information content (AvgIpc) is 3.49. The Hall–Kier alpha value is -2.55. The average molecular weight is 556 g/mol. The Morgan fingerprint density at radius 3 is 2.37 bits per heavy atom. The van der Waals surface area contributed by atoms with Gasteiger partial charge in [0.25, 0.3) is 0 Å². The van der Waals surface area contributed by atoms with Gasteiger partial charge in [-0.05, 0) is 61.6 Å². The molecule has 1 spiro atoms. The monoisotopic (exact) mass is 555 g/mol. The zero-order valence-electron chi connectivity index (χ0n) is 21.4. The van der Waals surface area contributed by atoms with Crippen LogP contribution in [-0.4, -0.2) is 56.9 Å². The highest BCUT2D eigenvalue weighted by Gasteiger charge is 2.75. The van der Waals surface area contributed by atoms with Crippen LogP contribution in [0.25, 0.3) is 0 Å². The molecule has 2 aromatic carbocycles. The molecule has 5 rings (SSSR count). The fourth-order valence-electron chi connectivity index (χ4n) is 6.60. The van der Waals surface area contributed by atoms with Crippen molar-refractivity contribution >= 4 is 52.5 Å². The molecule has 0 aliphatic carbocycles. The molecule has 0 radical (unpaired) electrons. The number of aliphatic hydroxyl groups excluding tert-OH is 1. The molecule has 202 valence electrons. The van der Waals surface area contributed by atoms with E-state index in [2.05, 4.69) is 17.6 Å². The van der Waals surface area contributed by atoms with E-state index in [-0.39, 0.29) is 35.5 Å². The standard InChI is InChI=1S/C29H34ClN3O4S/c1-18-17-22-23(26(35)31-20-9-5-4-6-10-20)24-28(37)33(15-7-2-3-8-16-34)25(29(18,24)38-22)27(36)32-21-13-11-19(30)12-14-21/h4-6,9-14,18,22-25,34H,2-3,7-8,15-17H2,1H3,(H,31,35)(H,32,36)/t18?,22-,23+,24-,25?,29?/m0/s1. The van der Waals surface area contributed by atoms with Crippen molar-refractivity contribution in [2.24, 2.45) is 17.8 Å². The van der Waals surface area contributed by atoms with Gasteiger partial charge in [0.05, 0.1) is 16.6 Å². The summed E-state index contributed by atoms with van der Waals surface area (Å²) in [5.41, 5.74) is 1.33. The highest BCUT2D eigenvalue weighted by molar-refractivity contribution is 8.02. The van der Waals surface area contributed by atoms with Crippen LogP contribution < -0.4 is 10.6 Å². The highest BCUT2D eigenvalue weighted by atomic mass is 35.5. The van der Waals surface area contributed by atoms with E-state index in [0.717, 1.165) is 32.1 Å². The Kier molecular flexibility index (Phi) is 8.03. The molecule has 3 amide bonds. The van der Waals surface area contributed by atoms with Crippen molar-refractivity contribution in [1.82, 2.24) is 4.90 Å². The molecule has 7 nitrogen and oxygen atoms in total. The maximum Gasteiger partial charge on any atom is 0.248 e. The predicted molar refractivity (Wildman–Crippen MR) is 151 cm³/mol. The van der Waals surface area contributed by atoms with Gasteiger partial charge in [-0.15, -0.1) is 11.8 Å². The molecular weight excluding hydrogens is 522 g/mol. The third-order valence-electron chi connectivity index (χ3n) is 8.26. The van der Waals surface area contributed by atoms with Crippen LogP contribution in [0.4, 0.5) is 11.4 Å². The first-order valence-electron chi connectivity index (χ1n) is 13.4. The maximum absolute atomic E-state index is 14.1. The fraction of sp³-hybridized carbons (Fsp3) is 0.483. The van der Waals surface area contributed by atoms with E-state index in [1.807, 2.05) is 30.3 Å². The number of aliphatic hydroxyl groups is 1. The van der Waals surface area contributed by atoms with Gasteiger partial charge < -0.3 is 20.6 Å². The second kappa shape index (κ2) is 11.3. The summed E-state index contributed by atoms with van der Waals surface area (Å²) in [6.07, 6.45) is 3.97. The van der Waals surface area contributed by atoms with Gasteiger partial charge in [-0.2, -0.15) is 0 Å². The zero-order chi connectivity index (χ0) is 26.9. The van der Waals surface area contributed by atoms with Crippen LogP contribution in [0, 0.1) is 17.8 Å². The number of halogens is 1. The van der Waals surface area contributed by atoms with Gasteiger partial charge in [-0.3, -0.25) is 14.4 Å². The van der Waals surface area contributed by atoms with E-state index in [0.29, 0.717) is 22.9 Å². The molecule has 2 bridgehead atoms. The molecule has 3 N–H and O–H groups in total. The summed E-state index contributed by atoms with van der Waals surface area (Å²) < 4.78 is -0.665. The molecule has 3 saturated heterocycles. The summed E-state index contributed by atoms with van der Waals surface area (Å²) in [7, 11) is 0. The van der Waals surface area contributed by atoms with Crippen LogP contribution in [0.3, 0.4) is 0 Å². The number of likely N-dealkylation sites (tertiary alicyclic amines) is 1. The number of hydrogen-bond acceptors (Lipinski definition) is 5. The first kappa shape index (κ1) is 27.0. The Bertz CT molecular complexity index is 1180. The van der Waals surface area contributed by atoms with Crippen LogP contribution in [-0.2, 0) is 14.4 Å². The molecule has 3 fully saturated rings. The first-order chi connectivity index (χ1) is 18.4. The Labute approximate surface area is 232 Å². The van der Waals surface area contributed by atoms with Crippen molar-refractivity contribution in [3.8, 4) is 0 Å². The molecule has 0 aromatic heterocycles. The third-order valence-corrected chi connectivity index (χ3v) is 10.6. The number of amides is 3. The minimum Gasteiger partial charge on any atom is -0.396 e. The topological polar surface area (TPSA) is 98.7 Å². The smallest absolute Gasteiger partial charge is 0.248 e. The van der Waals surface area contributed by atoms with Crippen molar-refractivity contribution in [3.05, 3.63) is 59.6 Å². The predicted octanol–water partition coefficient (Wildman–Crippen LogP) is 4.81. The lowest BCUT2D eigenvalue weighted by molar-refractivity contribution is -0.138. The number of unbranched alkanes of at least 4 members (excludes halogenated alkanes) is 3. The lowest BCUT2D eigenvalue weighted by Crippen LogP contribution is -2.54. The van der Waals surface area contributed by atoms with E-state index in [1.165, 1.54) is 0 Å². The molecule has 3 aliphatic rings. The largest absolute Gasteiger partial charge is 0.396 e. The van der Waals surface area contributed by atoms with Gasteiger partial charge in [0, 0.05) is 34.8 Å². The molecule has 3 unspecified atom stereocenters. The van der Waals surface area contributed by atoms with Crippen molar-refractivity contribution in [1.29, 1.82) is 0 Å². The number of nitrogens with zero attached hydrogens (tertiary/aromatic N) is 1. The van der Waals surface area contributed by atoms with E-state index in [4.69, 9.17) is 16.7 Å². The highest BCUT2D eigenvalue weighted by Crippen LogP contribution is 2.68. The SMILES string of the molecule is CC1C[C@@H]2SC13C(C(=O)Nc1ccc(Cl)cc1)N(CCCCCCO)C(=O)[C@@H]3[C@@H]2C(=O)Nc1ccccc1. The van der Waals surface area contributed by atoms with Gasteiger partial charge in [0.2, 0.25) is 17.7 Å². The van der Waals surface area contributed by atoms with Crippen LogP contribution in [0.1, 0.15) is 39.0 Å². The molecule has 9 heteroatoms. The number of carbonyl (C=O) groups is 3. The number of hydrogen-bond donors (Lipinski definition) is 3. The minimum absolute atomic E-state index is 0.0137. The van der Waals surface area contributed by atoms with Gasteiger partial charge >= 0.3 is 0 Å². The van der Waals surface area contributed by atoms with E-state index in [9.17, 15) is 14.4 Å². The van der Waals surface area contributed by atoms with Gasteiger partial charge in [0.15, 0.2) is 0 Å². The summed E-state index contributed by atoms with van der Waals surface area (Å²) in [6, 6.07) is 15.6. The summed E-state index contributed by atoms with van der Waals surface area (Å²) in [5, 5.41) is 15.7. The molecule has 0 saturated carbocycles. The molecule has 3 heterocycles. The van der Waals surface area contributed by atoms with Crippen LogP contribution >= 0.6 is 23.4 Å². The molecule has 2 aromatic rings. The minimum atomic E-state index is -0.673. The number of rotatable bonds is 10. The van der Waals surface area contributed by atoms with E-state index in [1.54, 1.807) is 40.9 Å². The Balaban J connectivity index is 1.44. The summed E-state index contributed by atoms with van der Waals surface area (Å²) in [5.74, 6) is -1.41. The number of para-hydroxylation sites is 1. The first-order valence-corrected chi connectivity index (χ1v) is 14.6. The number of fused-ring (bicyclic) bond motifs is 1. The summed E-state index contributed by atoms with van der Waals surface area (Å²) in [6.45, 7) is 2.71. The van der Waals surface area contributed by atoms with Crippen molar-refractivity contribution in [2.75, 3.05) is 23.8 Å². The lowest BCUT2D eigenvalue weighted by Gasteiger charge is -2.38. The molecular formula is C29H34ClN3O4S. The van der Waals surface area contributed by atoms with Crippen molar-refractivity contribution in [3.63, 3.8) is 0 Å². The van der Waals surface area contributed by atoms with Crippen LogP contribution in [0.5, 0.6) is 0 Å². The van der Waals surface area contributed by atoms with E-state index >= 15 is 0 Å². The normalized spacial score (nSPS) is 29.4. The van der Waals surface area contributed by atoms with E-state index < -0.39 is 22.6 Å². The molecule has 3 aliphatic heterocycles. The third kappa shape index (κ3) is 4.82. The molecule has 38 heavy (non-hydrogen) atoms. The fourth-order valence-corrected chi connectivity index (χ4v) is 9.15. The molecule has 6 atom stereocenters. The van der Waals surface area contributed by atoms with Crippen LogP contribution in [0.15, 0.2) is 54.6 Å². The summed E-state index contributed by atoms with van der Waals surface area (Å²) in [4.78, 5) is 43.4. The number of nitrogens with one attached hydrogen (secondary N) is 2. The van der Waals surface area contributed by atoms with Gasteiger partial charge in [-0.1, -0.05) is 49.6 Å². The van der Waals surface area contributed by atoms with Crippen molar-refractivity contribution in [2.45, 2.75) is 55.1 Å². The van der Waals surface area contributed by atoms with Gasteiger partial charge in [0.1, 0.15) is 6.04 Å². The Morgan fingerprint density at radius 1 is 1.00 bits per heavy atom. The second-order valence-electron chi connectivity index (χ2n) is 10.6.